The summed E-state index contributed by atoms with van der Waals surface area (Å²) in [5, 5.41) is 10.3. The maximum atomic E-state index is 11.4. The number of rotatable bonds is 11. The molecule has 0 saturated carbocycles. The van der Waals surface area contributed by atoms with Crippen LogP contribution in [0.3, 0.4) is 0 Å². The Morgan fingerprint density at radius 2 is 1.81 bits per heavy atom. The van der Waals surface area contributed by atoms with E-state index < -0.39 is 0 Å². The molecule has 188 valence electrons. The highest BCUT2D eigenvalue weighted by molar-refractivity contribution is 7.13. The first kappa shape index (κ1) is 25.7. The molecule has 0 bridgehead atoms. The first-order chi connectivity index (χ1) is 17.4. The Kier molecular flexibility index (Phi) is 8.57. The van der Waals surface area contributed by atoms with Crippen LogP contribution < -0.4 is 19.1 Å². The largest absolute Gasteiger partial charge is 0.493 e. The number of aryl methyl sites for hydroxylation is 1. The number of hydrogen-bond acceptors (Lipinski definition) is 6. The van der Waals surface area contributed by atoms with Gasteiger partial charge in [0.25, 0.3) is 0 Å². The zero-order chi connectivity index (χ0) is 25.5. The number of para-hydroxylation sites is 1. The van der Waals surface area contributed by atoms with Crippen molar-refractivity contribution in [3.8, 4) is 39.3 Å². The zero-order valence-corrected chi connectivity index (χ0v) is 21.7. The van der Waals surface area contributed by atoms with Gasteiger partial charge < -0.3 is 19.3 Å². The van der Waals surface area contributed by atoms with E-state index in [-0.39, 0.29) is 16.9 Å². The smallest absolute Gasteiger partial charge is 0.307 e. The highest BCUT2D eigenvalue weighted by Gasteiger charge is 2.14. The van der Waals surface area contributed by atoms with Crippen molar-refractivity contribution in [2.75, 3.05) is 6.61 Å². The normalized spacial score (nSPS) is 11.8. The van der Waals surface area contributed by atoms with Crippen molar-refractivity contribution in [1.29, 1.82) is 0 Å². The molecule has 0 aliphatic heterocycles. The maximum Gasteiger partial charge on any atom is 0.307 e. The van der Waals surface area contributed by atoms with Crippen LogP contribution in [-0.2, 0) is 6.42 Å². The van der Waals surface area contributed by atoms with Crippen LogP contribution in [0.15, 0.2) is 71.5 Å². The minimum atomic E-state index is -0.326. The van der Waals surface area contributed by atoms with Gasteiger partial charge in [0.15, 0.2) is 0 Å². The molecule has 2 N–H and O–H groups in total. The van der Waals surface area contributed by atoms with Crippen molar-refractivity contribution in [3.05, 3.63) is 87.0 Å². The summed E-state index contributed by atoms with van der Waals surface area (Å²) >= 11 is 7.30. The highest BCUT2D eigenvalue weighted by Crippen LogP contribution is 2.35. The van der Waals surface area contributed by atoms with Crippen molar-refractivity contribution in [1.82, 2.24) is 4.98 Å². The number of ether oxygens (including phenoxy) is 3. The predicted molar refractivity (Wildman–Crippen MR) is 144 cm³/mol. The Labute approximate surface area is 219 Å². The number of halogens is 1. The molecule has 8 heteroatoms. The maximum absolute atomic E-state index is 11.4. The number of aromatic amines is 1. The van der Waals surface area contributed by atoms with Crippen molar-refractivity contribution >= 4 is 22.9 Å². The van der Waals surface area contributed by atoms with E-state index in [0.29, 0.717) is 34.2 Å². The third kappa shape index (κ3) is 6.62. The number of H-pyrrole nitrogens is 1. The molecule has 0 fully saturated rings. The Morgan fingerprint density at radius 3 is 2.50 bits per heavy atom. The summed E-state index contributed by atoms with van der Waals surface area (Å²) in [6.07, 6.45) is 2.46. The van der Waals surface area contributed by atoms with Gasteiger partial charge in [0.2, 0.25) is 5.88 Å². The van der Waals surface area contributed by atoms with Crippen molar-refractivity contribution < 1.29 is 19.3 Å². The molecule has 1 atom stereocenters. The summed E-state index contributed by atoms with van der Waals surface area (Å²) in [5.74, 6) is 2.79. The second-order valence-electron chi connectivity index (χ2n) is 8.34. The van der Waals surface area contributed by atoms with Crippen molar-refractivity contribution in [2.45, 2.75) is 39.2 Å². The number of nitrogens with one attached hydrogen (secondary N) is 1. The lowest BCUT2D eigenvalue weighted by atomic mass is 10.1. The van der Waals surface area contributed by atoms with Crippen LogP contribution in [0.25, 0.3) is 10.4 Å². The lowest BCUT2D eigenvalue weighted by Gasteiger charge is -2.19. The molecule has 4 rings (SSSR count). The zero-order valence-electron chi connectivity index (χ0n) is 20.1. The van der Waals surface area contributed by atoms with Gasteiger partial charge in [-0.1, -0.05) is 54.5 Å². The molecule has 36 heavy (non-hydrogen) atoms. The average molecular weight is 526 g/mol. The van der Waals surface area contributed by atoms with E-state index in [1.807, 2.05) is 55.5 Å². The van der Waals surface area contributed by atoms with Gasteiger partial charge in [0.1, 0.15) is 23.0 Å². The number of hydrogen-bond donors (Lipinski definition) is 2. The molecule has 1 unspecified atom stereocenters. The molecule has 3 aromatic carbocycles. The Balaban J connectivity index is 1.34. The van der Waals surface area contributed by atoms with Crippen LogP contribution in [0.4, 0.5) is 0 Å². The van der Waals surface area contributed by atoms with Crippen LogP contribution in [0.5, 0.6) is 28.9 Å². The lowest BCUT2D eigenvalue weighted by molar-refractivity contribution is 0.175. The first-order valence-corrected chi connectivity index (χ1v) is 13.0. The van der Waals surface area contributed by atoms with E-state index >= 15 is 0 Å². The molecule has 0 amide bonds. The average Bonchev–Trinajstić information content (AvgIpc) is 3.20. The summed E-state index contributed by atoms with van der Waals surface area (Å²) in [7, 11) is 0. The van der Waals surface area contributed by atoms with Gasteiger partial charge in [-0.15, -0.1) is 0 Å². The number of aromatic nitrogens is 1. The van der Waals surface area contributed by atoms with Gasteiger partial charge >= 0.3 is 4.87 Å². The number of benzene rings is 3. The van der Waals surface area contributed by atoms with E-state index in [2.05, 4.69) is 11.9 Å². The van der Waals surface area contributed by atoms with Crippen LogP contribution in [0.1, 0.15) is 32.3 Å². The SMILES string of the molecule is CCCc1cc(Oc2ccccc2)ccc1OC(C)CCOc1ccc(-c2sc(=O)[nH]c2O)cc1Cl. The topological polar surface area (TPSA) is 80.8 Å². The fourth-order valence-corrected chi connectivity index (χ4v) is 4.67. The molecule has 0 aliphatic rings. The van der Waals surface area contributed by atoms with Gasteiger partial charge in [0.05, 0.1) is 22.6 Å². The van der Waals surface area contributed by atoms with Crippen LogP contribution >= 0.6 is 22.9 Å². The van der Waals surface area contributed by atoms with E-state index in [1.165, 1.54) is 0 Å². The standard InChI is InChI=1S/C28H28ClNO5S/c1-3-7-19-16-22(35-21-8-5-4-6-9-21)11-13-24(19)34-18(2)14-15-33-25-12-10-20(17-23(25)29)26-27(31)30-28(32)36-26/h4-6,8-13,16-18,31H,3,7,14-15H2,1-2H3,(H,30,32). The highest BCUT2D eigenvalue weighted by atomic mass is 35.5. The Bertz CT molecular complexity index is 1350. The molecular weight excluding hydrogens is 498 g/mol. The summed E-state index contributed by atoms with van der Waals surface area (Å²) in [4.78, 5) is 13.9. The predicted octanol–water partition coefficient (Wildman–Crippen LogP) is 7.44. The van der Waals surface area contributed by atoms with Gasteiger partial charge in [-0.25, -0.2) is 0 Å². The monoisotopic (exact) mass is 525 g/mol. The fraction of sp³-hybridized carbons (Fsp3) is 0.250. The number of aromatic hydroxyl groups is 1. The summed E-state index contributed by atoms with van der Waals surface area (Å²) in [6, 6.07) is 20.8. The van der Waals surface area contributed by atoms with Gasteiger partial charge in [-0.3, -0.25) is 9.78 Å². The quantitative estimate of drug-likeness (QED) is 0.212. The molecular formula is C28H28ClNO5S. The molecule has 1 aromatic heterocycles. The first-order valence-electron chi connectivity index (χ1n) is 11.8. The van der Waals surface area contributed by atoms with E-state index in [1.54, 1.807) is 18.2 Å². The van der Waals surface area contributed by atoms with Crippen LogP contribution in [0, 0.1) is 0 Å². The number of thiazole rings is 1. The second kappa shape index (κ2) is 12.0. The van der Waals surface area contributed by atoms with Crippen LogP contribution in [0.2, 0.25) is 5.02 Å². The molecule has 0 aliphatic carbocycles. The third-order valence-electron chi connectivity index (χ3n) is 5.46. The van der Waals surface area contributed by atoms with Gasteiger partial charge in [-0.05, 0) is 73.0 Å². The molecule has 1 heterocycles. The third-order valence-corrected chi connectivity index (χ3v) is 6.68. The Morgan fingerprint density at radius 1 is 1.03 bits per heavy atom. The molecule has 0 spiro atoms. The Hall–Kier alpha value is -3.42. The second-order valence-corrected chi connectivity index (χ2v) is 9.73. The summed E-state index contributed by atoms with van der Waals surface area (Å²) in [5.41, 5.74) is 1.75. The van der Waals surface area contributed by atoms with Gasteiger partial charge in [0, 0.05) is 6.42 Å². The summed E-state index contributed by atoms with van der Waals surface area (Å²) < 4.78 is 18.1. The fourth-order valence-electron chi connectivity index (χ4n) is 3.71. The minimum absolute atomic E-state index is 0.0753. The molecule has 4 aromatic rings. The lowest BCUT2D eigenvalue weighted by Crippen LogP contribution is -2.16. The van der Waals surface area contributed by atoms with Crippen molar-refractivity contribution in [3.63, 3.8) is 0 Å². The van der Waals surface area contributed by atoms with E-state index in [4.69, 9.17) is 25.8 Å². The van der Waals surface area contributed by atoms with E-state index in [0.717, 1.165) is 47.0 Å². The summed E-state index contributed by atoms with van der Waals surface area (Å²) in [6.45, 7) is 4.56. The van der Waals surface area contributed by atoms with Crippen molar-refractivity contribution in [2.24, 2.45) is 0 Å². The van der Waals surface area contributed by atoms with E-state index in [9.17, 15) is 9.90 Å². The van der Waals surface area contributed by atoms with Crippen LogP contribution in [-0.4, -0.2) is 22.8 Å². The molecule has 0 radical (unpaired) electrons. The minimum Gasteiger partial charge on any atom is -0.493 e. The molecule has 0 saturated heterocycles. The van der Waals surface area contributed by atoms with Gasteiger partial charge in [-0.2, -0.15) is 0 Å². The molecule has 6 nitrogen and oxygen atoms in total.